The number of benzene rings is 1. The summed E-state index contributed by atoms with van der Waals surface area (Å²) >= 11 is 5.95. The maximum atomic E-state index is 12.5. The van der Waals surface area contributed by atoms with Crippen molar-refractivity contribution in [2.45, 2.75) is 50.6 Å². The van der Waals surface area contributed by atoms with Crippen LogP contribution in [0.1, 0.15) is 37.9 Å². The number of halogens is 1. The second kappa shape index (κ2) is 8.65. The smallest absolute Gasteiger partial charge is 0.309 e. The molecular formula is C20H23ClO4. The van der Waals surface area contributed by atoms with Gasteiger partial charge in [0.25, 0.3) is 0 Å². The highest BCUT2D eigenvalue weighted by Gasteiger charge is 2.31. The van der Waals surface area contributed by atoms with Gasteiger partial charge in [0, 0.05) is 18.1 Å². The number of rotatable bonds is 3. The fourth-order valence-corrected chi connectivity index (χ4v) is 3.24. The zero-order valence-electron chi connectivity index (χ0n) is 14.3. The lowest BCUT2D eigenvalue weighted by molar-refractivity contribution is -0.157. The van der Waals surface area contributed by atoms with Crippen molar-refractivity contribution in [3.8, 4) is 0 Å². The lowest BCUT2D eigenvalue weighted by atomic mass is 10.0. The predicted molar refractivity (Wildman–Crippen MR) is 96.5 cm³/mol. The molecule has 0 fully saturated rings. The highest BCUT2D eigenvalue weighted by atomic mass is 35.5. The monoisotopic (exact) mass is 362 g/mol. The predicted octanol–water partition coefficient (Wildman–Crippen LogP) is 4.39. The molecule has 0 aromatic heterocycles. The summed E-state index contributed by atoms with van der Waals surface area (Å²) in [5, 5.41) is 0.662. The zero-order valence-corrected chi connectivity index (χ0v) is 15.0. The fraction of sp³-hybridized carbons (Fsp3) is 0.450. The number of hydrogen-bond acceptors (Lipinski definition) is 4. The molecular weight excluding hydrogens is 340 g/mol. The van der Waals surface area contributed by atoms with E-state index in [1.54, 1.807) is 0 Å². The van der Waals surface area contributed by atoms with Crippen LogP contribution < -0.4 is 0 Å². The van der Waals surface area contributed by atoms with Crippen LogP contribution in [0.15, 0.2) is 48.6 Å². The SMILES string of the molecule is CCO[C@H]1C=C[C@H]2C/C=C\C[C@H](c3ccc(Cl)cc3)OC(=O)C[C@H]1O2. The Bertz CT molecular complexity index is 638. The lowest BCUT2D eigenvalue weighted by Crippen LogP contribution is -2.38. The van der Waals surface area contributed by atoms with Crippen molar-refractivity contribution < 1.29 is 19.0 Å². The van der Waals surface area contributed by atoms with Gasteiger partial charge in [-0.2, -0.15) is 0 Å². The van der Waals surface area contributed by atoms with Crippen LogP contribution in [-0.4, -0.2) is 30.9 Å². The normalized spacial score (nSPS) is 31.0. The van der Waals surface area contributed by atoms with E-state index in [-0.39, 0.29) is 36.8 Å². The molecule has 2 aliphatic rings. The van der Waals surface area contributed by atoms with Gasteiger partial charge in [0.1, 0.15) is 12.2 Å². The van der Waals surface area contributed by atoms with Crippen LogP contribution in [0.25, 0.3) is 0 Å². The highest BCUT2D eigenvalue weighted by Crippen LogP contribution is 2.28. The van der Waals surface area contributed by atoms with Crippen LogP contribution in [0.2, 0.25) is 5.02 Å². The molecule has 1 aromatic carbocycles. The summed E-state index contributed by atoms with van der Waals surface area (Å²) in [6.07, 6.45) is 8.82. The van der Waals surface area contributed by atoms with Gasteiger partial charge in [0.2, 0.25) is 0 Å². The minimum Gasteiger partial charge on any atom is -0.457 e. The topological polar surface area (TPSA) is 44.8 Å². The van der Waals surface area contributed by atoms with Crippen LogP contribution in [0.5, 0.6) is 0 Å². The van der Waals surface area contributed by atoms with Gasteiger partial charge in [-0.3, -0.25) is 4.79 Å². The molecule has 4 atom stereocenters. The van der Waals surface area contributed by atoms with E-state index in [9.17, 15) is 4.79 Å². The van der Waals surface area contributed by atoms with E-state index >= 15 is 0 Å². The number of carbonyl (C=O) groups excluding carboxylic acids is 1. The van der Waals surface area contributed by atoms with Crippen molar-refractivity contribution in [1.29, 1.82) is 0 Å². The first-order valence-electron chi connectivity index (χ1n) is 8.71. The molecule has 0 unspecified atom stereocenters. The minimum atomic E-state index is -0.322. The van der Waals surface area contributed by atoms with Crippen LogP contribution in [0.4, 0.5) is 0 Å². The van der Waals surface area contributed by atoms with E-state index in [4.69, 9.17) is 25.8 Å². The number of fused-ring (bicyclic) bond motifs is 2. The molecule has 0 spiro atoms. The summed E-state index contributed by atoms with van der Waals surface area (Å²) in [5.41, 5.74) is 0.935. The third-order valence-corrected chi connectivity index (χ3v) is 4.61. The van der Waals surface area contributed by atoms with Gasteiger partial charge in [0.15, 0.2) is 0 Å². The molecule has 0 saturated carbocycles. The Kier molecular flexibility index (Phi) is 6.29. The zero-order chi connectivity index (χ0) is 17.6. The Hall–Kier alpha value is -1.62. The quantitative estimate of drug-likeness (QED) is 0.590. The van der Waals surface area contributed by atoms with Gasteiger partial charge in [-0.1, -0.05) is 48.0 Å². The Morgan fingerprint density at radius 2 is 1.92 bits per heavy atom. The van der Waals surface area contributed by atoms with Crippen molar-refractivity contribution in [2.24, 2.45) is 0 Å². The van der Waals surface area contributed by atoms with Gasteiger partial charge in [-0.05, 0) is 31.0 Å². The number of ether oxygens (including phenoxy) is 3. The molecule has 0 amide bonds. The summed E-state index contributed by atoms with van der Waals surface area (Å²) in [5.74, 6) is -0.279. The maximum Gasteiger partial charge on any atom is 0.309 e. The first-order chi connectivity index (χ1) is 12.2. The Morgan fingerprint density at radius 1 is 1.16 bits per heavy atom. The summed E-state index contributed by atoms with van der Waals surface area (Å²) in [6.45, 7) is 2.50. The molecule has 0 radical (unpaired) electrons. The first kappa shape index (κ1) is 18.2. The Balaban J connectivity index is 1.78. The lowest BCUT2D eigenvalue weighted by Gasteiger charge is -2.31. The fourth-order valence-electron chi connectivity index (χ4n) is 3.11. The molecule has 0 aliphatic carbocycles. The van der Waals surface area contributed by atoms with Gasteiger partial charge in [-0.25, -0.2) is 0 Å². The van der Waals surface area contributed by atoms with E-state index in [1.165, 1.54) is 0 Å². The van der Waals surface area contributed by atoms with Crippen molar-refractivity contribution in [3.63, 3.8) is 0 Å². The molecule has 3 rings (SSSR count). The summed E-state index contributed by atoms with van der Waals surface area (Å²) in [4.78, 5) is 12.5. The first-order valence-corrected chi connectivity index (χ1v) is 9.09. The summed E-state index contributed by atoms with van der Waals surface area (Å²) in [6, 6.07) is 7.41. The molecule has 2 aliphatic heterocycles. The molecule has 2 heterocycles. The van der Waals surface area contributed by atoms with E-state index in [0.29, 0.717) is 18.1 Å². The number of hydrogen-bond donors (Lipinski definition) is 0. The van der Waals surface area contributed by atoms with E-state index in [2.05, 4.69) is 6.08 Å². The summed E-state index contributed by atoms with van der Waals surface area (Å²) < 4.78 is 17.5. The second-order valence-corrected chi connectivity index (χ2v) is 6.63. The maximum absolute atomic E-state index is 12.5. The van der Waals surface area contributed by atoms with Gasteiger partial charge in [0.05, 0.1) is 18.6 Å². The molecule has 25 heavy (non-hydrogen) atoms. The van der Waals surface area contributed by atoms with Crippen molar-refractivity contribution in [1.82, 2.24) is 0 Å². The largest absolute Gasteiger partial charge is 0.457 e. The van der Waals surface area contributed by atoms with Crippen molar-refractivity contribution in [3.05, 3.63) is 59.2 Å². The summed E-state index contributed by atoms with van der Waals surface area (Å²) in [7, 11) is 0. The molecule has 1 aromatic rings. The van der Waals surface area contributed by atoms with Crippen LogP contribution >= 0.6 is 11.6 Å². The molecule has 2 bridgehead atoms. The van der Waals surface area contributed by atoms with E-state index < -0.39 is 0 Å². The van der Waals surface area contributed by atoms with Crippen molar-refractivity contribution in [2.75, 3.05) is 6.61 Å². The van der Waals surface area contributed by atoms with Crippen LogP contribution in [0.3, 0.4) is 0 Å². The molecule has 134 valence electrons. The second-order valence-electron chi connectivity index (χ2n) is 6.19. The standard InChI is InChI=1S/C20H23ClO4/c1-2-23-18-12-11-16-5-3-4-6-17(14-7-9-15(21)10-8-14)25-20(22)13-19(18)24-16/h3-4,7-12,16-19H,2,5-6,13H2,1H3/b4-3-/t16-,17-,18+,19-/m1/s1. The van der Waals surface area contributed by atoms with Crippen molar-refractivity contribution >= 4 is 17.6 Å². The molecule has 0 N–H and O–H groups in total. The number of cyclic esters (lactones) is 1. The number of carbonyl (C=O) groups is 1. The highest BCUT2D eigenvalue weighted by molar-refractivity contribution is 6.30. The third-order valence-electron chi connectivity index (χ3n) is 4.36. The van der Waals surface area contributed by atoms with E-state index in [0.717, 1.165) is 12.0 Å². The van der Waals surface area contributed by atoms with Gasteiger partial charge < -0.3 is 14.2 Å². The van der Waals surface area contributed by atoms with Crippen LogP contribution in [0, 0.1) is 0 Å². The Labute approximate surface area is 153 Å². The molecule has 0 saturated heterocycles. The molecule has 4 nitrogen and oxygen atoms in total. The van der Waals surface area contributed by atoms with Crippen LogP contribution in [-0.2, 0) is 19.0 Å². The van der Waals surface area contributed by atoms with Gasteiger partial charge in [-0.15, -0.1) is 0 Å². The number of esters is 1. The Morgan fingerprint density at radius 3 is 2.68 bits per heavy atom. The molecule has 5 heteroatoms. The third kappa shape index (κ3) is 4.94. The average molecular weight is 363 g/mol. The minimum absolute atomic E-state index is 0.0298. The van der Waals surface area contributed by atoms with E-state index in [1.807, 2.05) is 49.4 Å². The average Bonchev–Trinajstić information content (AvgIpc) is 2.62. The van der Waals surface area contributed by atoms with Gasteiger partial charge >= 0.3 is 5.97 Å².